The summed E-state index contributed by atoms with van der Waals surface area (Å²) in [6.45, 7) is 1.63. The van der Waals surface area contributed by atoms with Crippen molar-refractivity contribution in [2.24, 2.45) is 0 Å². The van der Waals surface area contributed by atoms with Crippen LogP contribution in [0.2, 0.25) is 0 Å². The molecule has 2 aliphatic rings. The third kappa shape index (κ3) is 3.03. The smallest absolute Gasteiger partial charge is 0.240 e. The Kier molecular flexibility index (Phi) is 4.50. The highest BCUT2D eigenvalue weighted by atomic mass is 32.2. The van der Waals surface area contributed by atoms with E-state index in [1.807, 2.05) is 29.8 Å². The van der Waals surface area contributed by atoms with Gasteiger partial charge in [0.15, 0.2) is 0 Å². The van der Waals surface area contributed by atoms with E-state index >= 15 is 0 Å². The third-order valence-electron chi connectivity index (χ3n) is 4.26. The van der Waals surface area contributed by atoms with Gasteiger partial charge in [0.25, 0.3) is 0 Å². The van der Waals surface area contributed by atoms with E-state index in [0.717, 1.165) is 37.0 Å². The minimum Gasteiger partial charge on any atom is -0.355 e. The van der Waals surface area contributed by atoms with Crippen molar-refractivity contribution >= 4 is 23.5 Å². The molecule has 3 rings (SSSR count). The minimum absolute atomic E-state index is 0.0930. The van der Waals surface area contributed by atoms with Gasteiger partial charge in [-0.3, -0.25) is 4.79 Å². The van der Waals surface area contributed by atoms with E-state index in [2.05, 4.69) is 21.3 Å². The zero-order valence-corrected chi connectivity index (χ0v) is 13.3. The molecular weight excluding hydrogens is 298 g/mol. The Balaban J connectivity index is 1.61. The Hall–Kier alpha value is -1.78. The molecule has 2 aliphatic heterocycles. The highest BCUT2D eigenvalue weighted by Crippen LogP contribution is 2.22. The Morgan fingerprint density at radius 3 is 3.09 bits per heavy atom. The summed E-state index contributed by atoms with van der Waals surface area (Å²) in [7, 11) is 1.99. The number of likely N-dealkylation sites (N-methyl/N-ethyl adjacent to an activating group) is 1. The molecule has 2 atom stereocenters. The van der Waals surface area contributed by atoms with Crippen molar-refractivity contribution in [3.63, 3.8) is 0 Å². The maximum atomic E-state index is 12.4. The third-order valence-corrected chi connectivity index (χ3v) is 5.22. The molecule has 2 fully saturated rings. The SMILES string of the molecule is CN(c1ccc(C#N)cn1)[C@@H]1CN[C@H](C(=O)N2CCSC2)C1. The molecule has 7 heteroatoms. The Morgan fingerprint density at radius 1 is 1.59 bits per heavy atom. The van der Waals surface area contributed by atoms with Crippen molar-refractivity contribution in [3.05, 3.63) is 23.9 Å². The second-order valence-corrected chi connectivity index (χ2v) is 6.69. The predicted octanol–water partition coefficient (Wildman–Crippen LogP) is 0.653. The second kappa shape index (κ2) is 6.55. The number of carbonyl (C=O) groups excluding carboxylic acids is 1. The summed E-state index contributed by atoms with van der Waals surface area (Å²) in [4.78, 5) is 20.8. The van der Waals surface area contributed by atoms with Gasteiger partial charge in [-0.15, -0.1) is 11.8 Å². The molecule has 2 saturated heterocycles. The monoisotopic (exact) mass is 317 g/mol. The normalized spacial score (nSPS) is 24.3. The van der Waals surface area contributed by atoms with Crippen LogP contribution in [0, 0.1) is 11.3 Å². The number of amides is 1. The van der Waals surface area contributed by atoms with Gasteiger partial charge in [0, 0.05) is 38.1 Å². The minimum atomic E-state index is -0.0930. The van der Waals surface area contributed by atoms with Crippen LogP contribution in [0.25, 0.3) is 0 Å². The quantitative estimate of drug-likeness (QED) is 0.883. The van der Waals surface area contributed by atoms with E-state index < -0.39 is 0 Å². The fourth-order valence-electron chi connectivity index (χ4n) is 2.86. The summed E-state index contributed by atoms with van der Waals surface area (Å²) >= 11 is 1.81. The lowest BCUT2D eigenvalue weighted by atomic mass is 10.1. The highest BCUT2D eigenvalue weighted by molar-refractivity contribution is 7.99. The van der Waals surface area contributed by atoms with Crippen LogP contribution in [0.5, 0.6) is 0 Å². The fourth-order valence-corrected chi connectivity index (χ4v) is 3.81. The topological polar surface area (TPSA) is 72.3 Å². The van der Waals surface area contributed by atoms with Gasteiger partial charge in [-0.25, -0.2) is 4.98 Å². The molecule has 3 heterocycles. The number of nitrogens with zero attached hydrogens (tertiary/aromatic N) is 4. The lowest BCUT2D eigenvalue weighted by Gasteiger charge is -2.25. The molecule has 1 N–H and O–H groups in total. The number of nitrogens with one attached hydrogen (secondary N) is 1. The van der Waals surface area contributed by atoms with Gasteiger partial charge < -0.3 is 15.1 Å². The highest BCUT2D eigenvalue weighted by Gasteiger charge is 2.35. The van der Waals surface area contributed by atoms with Crippen LogP contribution in [-0.2, 0) is 4.79 Å². The number of hydrogen-bond donors (Lipinski definition) is 1. The van der Waals surface area contributed by atoms with Gasteiger partial charge in [0.2, 0.25) is 5.91 Å². The van der Waals surface area contributed by atoms with Gasteiger partial charge in [0.05, 0.1) is 17.5 Å². The van der Waals surface area contributed by atoms with Gasteiger partial charge in [0.1, 0.15) is 11.9 Å². The molecule has 0 spiro atoms. The lowest BCUT2D eigenvalue weighted by molar-refractivity contribution is -0.131. The molecule has 0 aromatic carbocycles. The average Bonchev–Trinajstić information content (AvgIpc) is 3.25. The molecule has 1 aromatic heterocycles. The molecule has 0 unspecified atom stereocenters. The van der Waals surface area contributed by atoms with Crippen molar-refractivity contribution in [2.75, 3.05) is 36.7 Å². The standard InChI is InChI=1S/C15H19N5OS/c1-19(14-3-2-11(7-16)8-18-14)12-6-13(17-9-12)15(21)20-4-5-22-10-20/h2-3,8,12-13,17H,4-6,9-10H2,1H3/t12-,13-/m0/s1. The van der Waals surface area contributed by atoms with Crippen molar-refractivity contribution in [1.82, 2.24) is 15.2 Å². The first-order valence-electron chi connectivity index (χ1n) is 7.38. The molecule has 1 amide bonds. The second-order valence-electron chi connectivity index (χ2n) is 5.62. The van der Waals surface area contributed by atoms with E-state index in [-0.39, 0.29) is 18.0 Å². The largest absolute Gasteiger partial charge is 0.355 e. The summed E-state index contributed by atoms with van der Waals surface area (Å²) in [6.07, 6.45) is 2.37. The maximum absolute atomic E-state index is 12.4. The summed E-state index contributed by atoms with van der Waals surface area (Å²) in [5.41, 5.74) is 0.557. The summed E-state index contributed by atoms with van der Waals surface area (Å²) in [5, 5.41) is 12.2. The van der Waals surface area contributed by atoms with Gasteiger partial charge in [-0.1, -0.05) is 0 Å². The van der Waals surface area contributed by atoms with E-state index in [1.54, 1.807) is 12.3 Å². The molecule has 0 aliphatic carbocycles. The number of carbonyl (C=O) groups is 1. The van der Waals surface area contributed by atoms with Gasteiger partial charge in [-0.2, -0.15) is 5.26 Å². The number of nitriles is 1. The number of anilines is 1. The molecule has 0 bridgehead atoms. The summed E-state index contributed by atoms with van der Waals surface area (Å²) in [6, 6.07) is 5.84. The molecule has 22 heavy (non-hydrogen) atoms. The van der Waals surface area contributed by atoms with E-state index in [0.29, 0.717) is 5.56 Å². The molecule has 1 aromatic rings. The Labute approximate surface area is 134 Å². The fraction of sp³-hybridized carbons (Fsp3) is 0.533. The first-order valence-corrected chi connectivity index (χ1v) is 8.53. The number of thioether (sulfide) groups is 1. The van der Waals surface area contributed by atoms with E-state index in [1.165, 1.54) is 0 Å². The molecule has 0 saturated carbocycles. The zero-order chi connectivity index (χ0) is 15.5. The van der Waals surface area contributed by atoms with Crippen LogP contribution in [0.15, 0.2) is 18.3 Å². The number of rotatable bonds is 3. The maximum Gasteiger partial charge on any atom is 0.240 e. The summed E-state index contributed by atoms with van der Waals surface area (Å²) in [5.74, 6) is 2.90. The van der Waals surface area contributed by atoms with Crippen LogP contribution in [0.1, 0.15) is 12.0 Å². The van der Waals surface area contributed by atoms with E-state index in [4.69, 9.17) is 5.26 Å². The number of aromatic nitrogens is 1. The van der Waals surface area contributed by atoms with Crippen molar-refractivity contribution < 1.29 is 4.79 Å². The van der Waals surface area contributed by atoms with E-state index in [9.17, 15) is 4.79 Å². The van der Waals surface area contributed by atoms with Crippen LogP contribution >= 0.6 is 11.8 Å². The van der Waals surface area contributed by atoms with Crippen LogP contribution in [0.3, 0.4) is 0 Å². The van der Waals surface area contributed by atoms with Crippen molar-refractivity contribution in [3.8, 4) is 6.07 Å². The Bertz CT molecular complexity index is 579. The summed E-state index contributed by atoms with van der Waals surface area (Å²) < 4.78 is 0. The first kappa shape index (κ1) is 15.1. The lowest BCUT2D eigenvalue weighted by Crippen LogP contribution is -2.42. The Morgan fingerprint density at radius 2 is 2.45 bits per heavy atom. The van der Waals surface area contributed by atoms with Gasteiger partial charge in [-0.05, 0) is 18.6 Å². The van der Waals surface area contributed by atoms with Crippen molar-refractivity contribution in [1.29, 1.82) is 5.26 Å². The number of hydrogen-bond acceptors (Lipinski definition) is 6. The number of pyridine rings is 1. The first-order chi connectivity index (χ1) is 10.7. The van der Waals surface area contributed by atoms with Gasteiger partial charge >= 0.3 is 0 Å². The molecule has 6 nitrogen and oxygen atoms in total. The zero-order valence-electron chi connectivity index (χ0n) is 12.5. The molecular formula is C15H19N5OS. The van der Waals surface area contributed by atoms with Crippen molar-refractivity contribution in [2.45, 2.75) is 18.5 Å². The predicted molar refractivity (Wildman–Crippen MR) is 86.6 cm³/mol. The van der Waals surface area contributed by atoms with Crippen LogP contribution < -0.4 is 10.2 Å². The van der Waals surface area contributed by atoms with Crippen LogP contribution in [0.4, 0.5) is 5.82 Å². The molecule has 116 valence electrons. The average molecular weight is 317 g/mol. The van der Waals surface area contributed by atoms with Crippen LogP contribution in [-0.4, -0.2) is 59.6 Å². The molecule has 0 radical (unpaired) electrons.